The third-order valence-electron chi connectivity index (χ3n) is 2.56. The third-order valence-corrected chi connectivity index (χ3v) is 4.04. The predicted molar refractivity (Wildman–Crippen MR) is 86.9 cm³/mol. The molecular formula is C15H18BrN3S. The highest BCUT2D eigenvalue weighted by Gasteiger charge is 2.11. The molecule has 2 aromatic rings. The van der Waals surface area contributed by atoms with E-state index in [2.05, 4.69) is 58.1 Å². The quantitative estimate of drug-likeness (QED) is 0.891. The van der Waals surface area contributed by atoms with E-state index >= 15 is 0 Å². The fourth-order valence-electron chi connectivity index (χ4n) is 1.53. The van der Waals surface area contributed by atoms with Crippen molar-refractivity contribution in [2.45, 2.75) is 42.9 Å². The van der Waals surface area contributed by atoms with Crippen LogP contribution < -0.4 is 5.32 Å². The zero-order valence-electron chi connectivity index (χ0n) is 11.9. The molecule has 20 heavy (non-hydrogen) atoms. The van der Waals surface area contributed by atoms with Crippen molar-refractivity contribution < 1.29 is 0 Å². The van der Waals surface area contributed by atoms with E-state index in [4.69, 9.17) is 0 Å². The minimum Gasteiger partial charge on any atom is -0.308 e. The van der Waals surface area contributed by atoms with Gasteiger partial charge in [0.25, 0.3) is 0 Å². The number of rotatable bonds is 4. The molecule has 0 saturated heterocycles. The monoisotopic (exact) mass is 351 g/mol. The van der Waals surface area contributed by atoms with Crippen LogP contribution in [-0.4, -0.2) is 15.5 Å². The number of hydrogen-bond donors (Lipinski definition) is 1. The molecule has 0 aliphatic carbocycles. The van der Waals surface area contributed by atoms with Gasteiger partial charge in [0.1, 0.15) is 10.1 Å². The van der Waals surface area contributed by atoms with E-state index in [1.807, 2.05) is 24.4 Å². The maximum atomic E-state index is 4.47. The molecule has 0 amide bonds. The first-order valence-electron chi connectivity index (χ1n) is 6.42. The number of halogens is 1. The molecule has 0 atom stereocenters. The first-order valence-corrected chi connectivity index (χ1v) is 8.03. The van der Waals surface area contributed by atoms with Gasteiger partial charge in [-0.05, 0) is 72.2 Å². The van der Waals surface area contributed by atoms with Gasteiger partial charge in [-0.25, -0.2) is 9.97 Å². The van der Waals surface area contributed by atoms with Gasteiger partial charge in [0.05, 0.1) is 0 Å². The van der Waals surface area contributed by atoms with Crippen LogP contribution in [0.3, 0.4) is 0 Å². The highest BCUT2D eigenvalue weighted by Crippen LogP contribution is 2.27. The lowest BCUT2D eigenvalue weighted by molar-refractivity contribution is 0.422. The first-order chi connectivity index (χ1) is 9.44. The van der Waals surface area contributed by atoms with Crippen LogP contribution in [0.5, 0.6) is 0 Å². The molecule has 1 N–H and O–H groups in total. The summed E-state index contributed by atoms with van der Waals surface area (Å²) >= 11 is 4.99. The molecule has 5 heteroatoms. The van der Waals surface area contributed by atoms with Gasteiger partial charge < -0.3 is 5.32 Å². The Morgan fingerprint density at radius 1 is 1.20 bits per heavy atom. The van der Waals surface area contributed by atoms with E-state index in [-0.39, 0.29) is 5.54 Å². The Bertz CT molecular complexity index is 564. The van der Waals surface area contributed by atoms with Crippen molar-refractivity contribution in [3.05, 3.63) is 46.7 Å². The Labute approximate surface area is 132 Å². The van der Waals surface area contributed by atoms with E-state index in [1.165, 1.54) is 5.56 Å². The van der Waals surface area contributed by atoms with Gasteiger partial charge in [0.15, 0.2) is 0 Å². The summed E-state index contributed by atoms with van der Waals surface area (Å²) in [6, 6.07) is 8.06. The SMILES string of the molecule is CC(C)(C)NCc1cccnc1Sc1ccc(Br)cn1. The topological polar surface area (TPSA) is 37.8 Å². The molecule has 0 saturated carbocycles. The second kappa shape index (κ2) is 6.70. The van der Waals surface area contributed by atoms with E-state index in [0.29, 0.717) is 0 Å². The highest BCUT2D eigenvalue weighted by atomic mass is 79.9. The molecule has 2 rings (SSSR count). The maximum absolute atomic E-state index is 4.47. The van der Waals surface area contributed by atoms with E-state index in [0.717, 1.165) is 21.1 Å². The summed E-state index contributed by atoms with van der Waals surface area (Å²) < 4.78 is 0.984. The van der Waals surface area contributed by atoms with Crippen LogP contribution in [-0.2, 0) is 6.54 Å². The smallest absolute Gasteiger partial charge is 0.107 e. The van der Waals surface area contributed by atoms with Gasteiger partial charge in [-0.15, -0.1) is 0 Å². The maximum Gasteiger partial charge on any atom is 0.107 e. The van der Waals surface area contributed by atoms with Gasteiger partial charge in [-0.3, -0.25) is 0 Å². The van der Waals surface area contributed by atoms with Crippen molar-refractivity contribution in [3.63, 3.8) is 0 Å². The Hall–Kier alpha value is -0.910. The molecule has 0 unspecified atom stereocenters. The molecule has 3 nitrogen and oxygen atoms in total. The second-order valence-electron chi connectivity index (χ2n) is 5.49. The molecule has 0 fully saturated rings. The summed E-state index contributed by atoms with van der Waals surface area (Å²) in [4.78, 5) is 8.85. The average Bonchev–Trinajstić information content (AvgIpc) is 2.39. The van der Waals surface area contributed by atoms with Crippen LogP contribution in [0.4, 0.5) is 0 Å². The lowest BCUT2D eigenvalue weighted by Gasteiger charge is -2.21. The average molecular weight is 352 g/mol. The molecule has 0 radical (unpaired) electrons. The van der Waals surface area contributed by atoms with Gasteiger partial charge in [0.2, 0.25) is 0 Å². The van der Waals surface area contributed by atoms with Crippen molar-refractivity contribution in [3.8, 4) is 0 Å². The Kier molecular flexibility index (Phi) is 5.18. The van der Waals surface area contributed by atoms with E-state index in [9.17, 15) is 0 Å². The molecule has 0 aromatic carbocycles. The van der Waals surface area contributed by atoms with Gasteiger partial charge >= 0.3 is 0 Å². The minimum absolute atomic E-state index is 0.0909. The second-order valence-corrected chi connectivity index (χ2v) is 7.41. The number of aromatic nitrogens is 2. The van der Waals surface area contributed by atoms with E-state index < -0.39 is 0 Å². The van der Waals surface area contributed by atoms with Crippen LogP contribution in [0.1, 0.15) is 26.3 Å². The number of pyridine rings is 2. The molecule has 106 valence electrons. The molecule has 2 heterocycles. The standard InChI is InChI=1S/C15H18BrN3S/c1-15(2,3)19-9-11-5-4-8-17-14(11)20-13-7-6-12(16)10-18-13/h4-8,10,19H,9H2,1-3H3. The van der Waals surface area contributed by atoms with Crippen molar-refractivity contribution in [1.82, 2.24) is 15.3 Å². The van der Waals surface area contributed by atoms with Crippen LogP contribution in [0.2, 0.25) is 0 Å². The molecule has 0 bridgehead atoms. The lowest BCUT2D eigenvalue weighted by atomic mass is 10.1. The lowest BCUT2D eigenvalue weighted by Crippen LogP contribution is -2.35. The van der Waals surface area contributed by atoms with Crippen molar-refractivity contribution in [2.24, 2.45) is 0 Å². The number of nitrogens with zero attached hydrogens (tertiary/aromatic N) is 2. The van der Waals surface area contributed by atoms with Crippen molar-refractivity contribution in [1.29, 1.82) is 0 Å². The zero-order valence-corrected chi connectivity index (χ0v) is 14.3. The van der Waals surface area contributed by atoms with Crippen LogP contribution >= 0.6 is 27.7 Å². The van der Waals surface area contributed by atoms with Crippen LogP contribution in [0, 0.1) is 0 Å². The number of hydrogen-bond acceptors (Lipinski definition) is 4. The summed E-state index contributed by atoms with van der Waals surface area (Å²) in [6.07, 6.45) is 3.63. The van der Waals surface area contributed by atoms with E-state index in [1.54, 1.807) is 18.0 Å². The largest absolute Gasteiger partial charge is 0.308 e. The van der Waals surface area contributed by atoms with Crippen molar-refractivity contribution >= 4 is 27.7 Å². The fraction of sp³-hybridized carbons (Fsp3) is 0.333. The fourth-order valence-corrected chi connectivity index (χ4v) is 2.59. The molecule has 0 spiro atoms. The minimum atomic E-state index is 0.0909. The Balaban J connectivity index is 2.13. The molecule has 0 aliphatic rings. The Morgan fingerprint density at radius 3 is 2.65 bits per heavy atom. The van der Waals surface area contributed by atoms with Gasteiger partial charge in [-0.1, -0.05) is 6.07 Å². The predicted octanol–water partition coefficient (Wildman–Crippen LogP) is 4.28. The van der Waals surface area contributed by atoms with Gasteiger partial charge in [-0.2, -0.15) is 0 Å². The highest BCUT2D eigenvalue weighted by molar-refractivity contribution is 9.10. The normalized spacial score (nSPS) is 11.6. The van der Waals surface area contributed by atoms with Gasteiger partial charge in [0, 0.05) is 29.0 Å². The third kappa shape index (κ3) is 4.89. The zero-order chi connectivity index (χ0) is 14.6. The molecular weight excluding hydrogens is 334 g/mol. The first kappa shape index (κ1) is 15.5. The summed E-state index contributed by atoms with van der Waals surface area (Å²) in [5.41, 5.74) is 1.28. The summed E-state index contributed by atoms with van der Waals surface area (Å²) in [7, 11) is 0. The van der Waals surface area contributed by atoms with Crippen LogP contribution in [0.25, 0.3) is 0 Å². The summed E-state index contributed by atoms with van der Waals surface area (Å²) in [5.74, 6) is 0. The molecule has 2 aromatic heterocycles. The summed E-state index contributed by atoms with van der Waals surface area (Å²) in [5, 5.41) is 5.44. The van der Waals surface area contributed by atoms with Crippen LogP contribution in [0.15, 0.2) is 51.2 Å². The Morgan fingerprint density at radius 2 is 2.00 bits per heavy atom. The van der Waals surface area contributed by atoms with Crippen molar-refractivity contribution in [2.75, 3.05) is 0 Å². The summed E-state index contributed by atoms with van der Waals surface area (Å²) in [6.45, 7) is 7.28. The molecule has 0 aliphatic heterocycles. The number of nitrogens with one attached hydrogen (secondary N) is 1.